The van der Waals surface area contributed by atoms with E-state index in [1.165, 1.54) is 0 Å². The van der Waals surface area contributed by atoms with Crippen LogP contribution in [0, 0.1) is 3.01 Å². The van der Waals surface area contributed by atoms with Gasteiger partial charge in [0.25, 0.3) is 0 Å². The molecule has 0 N–H and O–H groups in total. The fourth-order valence-corrected chi connectivity index (χ4v) is 2.81. The minimum atomic E-state index is 0.873. The molecule has 16 heavy (non-hydrogen) atoms. The largest absolute Gasteiger partial charge is 0.253 e. The van der Waals surface area contributed by atoms with Gasteiger partial charge >= 0.3 is 0 Å². The van der Waals surface area contributed by atoms with Crippen LogP contribution in [-0.2, 0) is 0 Å². The molecule has 78 valence electrons. The van der Waals surface area contributed by atoms with Crippen LogP contribution >= 0.6 is 33.9 Å². The van der Waals surface area contributed by atoms with Crippen molar-refractivity contribution in [2.24, 2.45) is 0 Å². The van der Waals surface area contributed by atoms with Gasteiger partial charge in [0.05, 0.1) is 11.0 Å². The highest BCUT2D eigenvalue weighted by molar-refractivity contribution is 14.1. The topological polar surface area (TPSA) is 51.6 Å². The molecule has 0 aliphatic carbocycles. The van der Waals surface area contributed by atoms with E-state index in [2.05, 4.69) is 42.8 Å². The Morgan fingerprint density at radius 3 is 2.75 bits per heavy atom. The third-order valence-electron chi connectivity index (χ3n) is 2.13. The van der Waals surface area contributed by atoms with Crippen molar-refractivity contribution < 1.29 is 0 Å². The Morgan fingerprint density at radius 1 is 1.06 bits per heavy atom. The Kier molecular flexibility index (Phi) is 2.52. The van der Waals surface area contributed by atoms with E-state index in [9.17, 15) is 0 Å². The van der Waals surface area contributed by atoms with E-state index in [0.29, 0.717) is 0 Å². The molecule has 3 aromatic rings. The monoisotopic (exact) mass is 340 g/mol. The van der Waals surface area contributed by atoms with Crippen LogP contribution in [0.5, 0.6) is 0 Å². The highest BCUT2D eigenvalue weighted by Gasteiger charge is 2.09. The number of fused-ring (bicyclic) bond motifs is 1. The first kappa shape index (κ1) is 10.0. The van der Waals surface area contributed by atoms with E-state index in [4.69, 9.17) is 0 Å². The molecule has 4 nitrogen and oxygen atoms in total. The molecule has 2 heterocycles. The highest BCUT2D eigenvalue weighted by atomic mass is 127. The van der Waals surface area contributed by atoms with Gasteiger partial charge in [-0.15, -0.1) is 10.2 Å². The molecule has 2 aromatic heterocycles. The van der Waals surface area contributed by atoms with Crippen LogP contribution in [0.25, 0.3) is 21.6 Å². The lowest BCUT2D eigenvalue weighted by Gasteiger charge is -1.99. The molecule has 0 radical (unpaired) electrons. The number of para-hydroxylation sites is 1. The maximum atomic E-state index is 4.34. The van der Waals surface area contributed by atoms with E-state index >= 15 is 0 Å². The summed E-state index contributed by atoms with van der Waals surface area (Å²) >= 11 is 3.71. The van der Waals surface area contributed by atoms with Crippen LogP contribution in [0.2, 0.25) is 0 Å². The maximum Gasteiger partial charge on any atom is 0.178 e. The Balaban J connectivity index is 2.31. The number of halogens is 1. The van der Waals surface area contributed by atoms with Crippen molar-refractivity contribution in [2.45, 2.75) is 0 Å². The summed E-state index contributed by atoms with van der Waals surface area (Å²) in [6.45, 7) is 0. The first-order chi connectivity index (χ1) is 7.84. The van der Waals surface area contributed by atoms with Crippen molar-refractivity contribution in [1.29, 1.82) is 0 Å². The SMILES string of the molecule is Ic1nnc(-c2cccc3nccnc23)s1. The van der Waals surface area contributed by atoms with Gasteiger partial charge in [-0.05, 0) is 34.7 Å². The van der Waals surface area contributed by atoms with Crippen LogP contribution in [0.15, 0.2) is 30.6 Å². The minimum absolute atomic E-state index is 0.873. The van der Waals surface area contributed by atoms with Gasteiger partial charge in [-0.3, -0.25) is 9.97 Å². The first-order valence-electron chi connectivity index (χ1n) is 4.54. The number of hydrogen-bond donors (Lipinski definition) is 0. The number of hydrogen-bond acceptors (Lipinski definition) is 5. The minimum Gasteiger partial charge on any atom is -0.253 e. The molecule has 0 atom stereocenters. The molecule has 3 rings (SSSR count). The first-order valence-corrected chi connectivity index (χ1v) is 6.43. The number of rotatable bonds is 1. The van der Waals surface area contributed by atoms with Crippen LogP contribution in [0.4, 0.5) is 0 Å². The molecule has 1 aromatic carbocycles. The van der Waals surface area contributed by atoms with E-state index < -0.39 is 0 Å². The van der Waals surface area contributed by atoms with Gasteiger partial charge < -0.3 is 0 Å². The second-order valence-electron chi connectivity index (χ2n) is 3.09. The van der Waals surface area contributed by atoms with Gasteiger partial charge in [0, 0.05) is 18.0 Å². The zero-order valence-corrected chi connectivity index (χ0v) is 10.9. The van der Waals surface area contributed by atoms with E-state index in [1.54, 1.807) is 23.7 Å². The maximum absolute atomic E-state index is 4.34. The normalized spacial score (nSPS) is 10.8. The number of nitrogens with zero attached hydrogens (tertiary/aromatic N) is 4. The van der Waals surface area contributed by atoms with Crippen LogP contribution in [0.3, 0.4) is 0 Å². The van der Waals surface area contributed by atoms with Crippen LogP contribution in [0.1, 0.15) is 0 Å². The van der Waals surface area contributed by atoms with Crippen molar-refractivity contribution in [3.63, 3.8) is 0 Å². The summed E-state index contributed by atoms with van der Waals surface area (Å²) in [6, 6.07) is 5.89. The summed E-state index contributed by atoms with van der Waals surface area (Å²) in [5, 5.41) is 9.02. The van der Waals surface area contributed by atoms with Gasteiger partial charge in [0.1, 0.15) is 0 Å². The molecule has 0 spiro atoms. The molecule has 0 amide bonds. The fraction of sp³-hybridized carbons (Fsp3) is 0. The average Bonchev–Trinajstić information content (AvgIpc) is 2.75. The summed E-state index contributed by atoms with van der Waals surface area (Å²) in [7, 11) is 0. The summed E-state index contributed by atoms with van der Waals surface area (Å²) in [5.41, 5.74) is 2.74. The van der Waals surface area contributed by atoms with Gasteiger partial charge in [-0.2, -0.15) is 0 Å². The zero-order valence-electron chi connectivity index (χ0n) is 7.96. The molecule has 0 saturated heterocycles. The van der Waals surface area contributed by atoms with Gasteiger partial charge in [0.15, 0.2) is 8.02 Å². The van der Waals surface area contributed by atoms with Crippen molar-refractivity contribution in [3.05, 3.63) is 33.6 Å². The lowest BCUT2D eigenvalue weighted by molar-refractivity contribution is 1.07. The standard InChI is InChI=1S/C10H5IN4S/c11-10-15-14-9(16-10)6-2-1-3-7-8(6)13-5-4-12-7/h1-5H. The van der Waals surface area contributed by atoms with Gasteiger partial charge in [0.2, 0.25) is 0 Å². The van der Waals surface area contributed by atoms with Crippen molar-refractivity contribution in [2.75, 3.05) is 0 Å². The Labute approximate surface area is 109 Å². The van der Waals surface area contributed by atoms with Crippen molar-refractivity contribution >= 4 is 45.0 Å². The van der Waals surface area contributed by atoms with Crippen LogP contribution in [-0.4, -0.2) is 20.2 Å². The van der Waals surface area contributed by atoms with Crippen LogP contribution < -0.4 is 0 Å². The summed E-state index contributed by atoms with van der Waals surface area (Å²) in [6.07, 6.45) is 3.38. The average molecular weight is 340 g/mol. The van der Waals surface area contributed by atoms with E-state index in [1.807, 2.05) is 18.2 Å². The summed E-state index contributed by atoms with van der Waals surface area (Å²) < 4.78 is 0.925. The highest BCUT2D eigenvalue weighted by Crippen LogP contribution is 2.28. The number of benzene rings is 1. The van der Waals surface area contributed by atoms with Gasteiger partial charge in [-0.1, -0.05) is 17.4 Å². The molecule has 0 bridgehead atoms. The Hall–Kier alpha value is -1.15. The molecule has 0 saturated carbocycles. The van der Waals surface area contributed by atoms with Crippen molar-refractivity contribution in [3.8, 4) is 10.6 Å². The molecule has 0 fully saturated rings. The smallest absolute Gasteiger partial charge is 0.178 e. The Morgan fingerprint density at radius 2 is 1.94 bits per heavy atom. The second-order valence-corrected chi connectivity index (χ2v) is 5.82. The second kappa shape index (κ2) is 4.02. The quantitative estimate of drug-likeness (QED) is 0.639. The van der Waals surface area contributed by atoms with Gasteiger partial charge in [-0.25, -0.2) is 0 Å². The molecular formula is C10H5IN4S. The third kappa shape index (κ3) is 1.67. The van der Waals surface area contributed by atoms with E-state index in [-0.39, 0.29) is 0 Å². The lowest BCUT2D eigenvalue weighted by atomic mass is 10.2. The molecule has 6 heteroatoms. The summed E-state index contributed by atoms with van der Waals surface area (Å²) in [5.74, 6) is 0. The Bertz CT molecular complexity index is 647. The lowest BCUT2D eigenvalue weighted by Crippen LogP contribution is -1.86. The third-order valence-corrected chi connectivity index (χ3v) is 3.75. The molecular weight excluding hydrogens is 335 g/mol. The predicted octanol–water partition coefficient (Wildman–Crippen LogP) is 2.75. The van der Waals surface area contributed by atoms with E-state index in [0.717, 1.165) is 24.6 Å². The summed E-state index contributed by atoms with van der Waals surface area (Å²) in [4.78, 5) is 8.61. The number of aromatic nitrogens is 4. The molecule has 0 aliphatic rings. The predicted molar refractivity (Wildman–Crippen MR) is 71.2 cm³/mol. The fourth-order valence-electron chi connectivity index (χ4n) is 1.48. The molecule has 0 unspecified atom stereocenters. The molecule has 0 aliphatic heterocycles. The zero-order chi connectivity index (χ0) is 11.0. The van der Waals surface area contributed by atoms with Crippen molar-refractivity contribution in [1.82, 2.24) is 20.2 Å².